The number of hydrogen-bond acceptors (Lipinski definition) is 8. The monoisotopic (exact) mass is 514 g/mol. The van der Waals surface area contributed by atoms with E-state index in [0.29, 0.717) is 21.1 Å². The zero-order valence-corrected chi connectivity index (χ0v) is 21.3. The van der Waals surface area contributed by atoms with Crippen molar-refractivity contribution in [3.8, 4) is 5.82 Å². The molecule has 1 aliphatic carbocycles. The minimum Gasteiger partial charge on any atom is -0.381 e. The van der Waals surface area contributed by atoms with Gasteiger partial charge in [0.2, 0.25) is 0 Å². The van der Waals surface area contributed by atoms with Crippen LogP contribution in [-0.4, -0.2) is 59.7 Å². The Morgan fingerprint density at radius 2 is 2.03 bits per heavy atom. The van der Waals surface area contributed by atoms with Crippen LogP contribution in [0.3, 0.4) is 0 Å². The molecular weight excluding hydrogens is 488 g/mol. The van der Waals surface area contributed by atoms with Crippen molar-refractivity contribution in [2.24, 2.45) is 5.92 Å². The van der Waals surface area contributed by atoms with Gasteiger partial charge in [-0.3, -0.25) is 4.79 Å². The number of thiazole rings is 1. The van der Waals surface area contributed by atoms with Crippen LogP contribution in [0.1, 0.15) is 54.8 Å². The van der Waals surface area contributed by atoms with Crippen molar-refractivity contribution >= 4 is 39.9 Å². The maximum Gasteiger partial charge on any atom is 0.280 e. The fourth-order valence-corrected chi connectivity index (χ4v) is 5.58. The van der Waals surface area contributed by atoms with Crippen LogP contribution >= 0.6 is 22.9 Å². The third kappa shape index (κ3) is 5.07. The molecule has 0 unspecified atom stereocenters. The molecule has 0 bridgehead atoms. The Kier molecular flexibility index (Phi) is 6.81. The first-order chi connectivity index (χ1) is 16.9. The fraction of sp³-hybridized carbons (Fsp3) is 0.478. The van der Waals surface area contributed by atoms with Gasteiger partial charge in [-0.2, -0.15) is 10.2 Å². The zero-order valence-electron chi connectivity index (χ0n) is 19.8. The highest BCUT2D eigenvalue weighted by Crippen LogP contribution is 2.35. The summed E-state index contributed by atoms with van der Waals surface area (Å²) in [5, 5.41) is 12.0. The van der Waals surface area contributed by atoms with Gasteiger partial charge in [0.05, 0.1) is 36.4 Å². The van der Waals surface area contributed by atoms with E-state index in [1.54, 1.807) is 25.7 Å². The molecule has 4 aromatic rings. The summed E-state index contributed by atoms with van der Waals surface area (Å²) in [4.78, 5) is 27.9. The zero-order chi connectivity index (χ0) is 24.5. The van der Waals surface area contributed by atoms with Gasteiger partial charge in [-0.1, -0.05) is 36.8 Å². The number of carbonyl (C=O) groups is 1. The molecule has 4 heterocycles. The van der Waals surface area contributed by atoms with Gasteiger partial charge in [0.25, 0.3) is 5.91 Å². The Morgan fingerprint density at radius 1 is 1.23 bits per heavy atom. The molecular formula is C23H27ClN8O2S. The molecule has 184 valence electrons. The quantitative estimate of drug-likeness (QED) is 0.398. The van der Waals surface area contributed by atoms with Crippen molar-refractivity contribution in [3.63, 3.8) is 0 Å². The van der Waals surface area contributed by atoms with Crippen LogP contribution in [0.25, 0.3) is 16.9 Å². The van der Waals surface area contributed by atoms with Crippen molar-refractivity contribution < 1.29 is 9.53 Å². The number of nitrogens with zero attached hydrogens (tertiary/aromatic N) is 7. The van der Waals surface area contributed by atoms with Crippen molar-refractivity contribution in [1.82, 2.24) is 39.8 Å². The van der Waals surface area contributed by atoms with Crippen LogP contribution in [0.5, 0.6) is 0 Å². The Bertz CT molecular complexity index is 1320. The van der Waals surface area contributed by atoms with E-state index in [4.69, 9.17) is 21.3 Å². The van der Waals surface area contributed by atoms with Crippen molar-refractivity contribution in [2.75, 3.05) is 7.11 Å². The van der Waals surface area contributed by atoms with Crippen LogP contribution in [0.4, 0.5) is 0 Å². The molecule has 0 saturated heterocycles. The molecule has 0 aliphatic heterocycles. The van der Waals surface area contributed by atoms with E-state index in [1.807, 2.05) is 6.07 Å². The highest BCUT2D eigenvalue weighted by molar-refractivity contribution is 7.17. The standard InChI is InChI=1S/C23H27ClN8O2S/c1-13(2)6-21-30-17-11-25-20(32-27-4-5-28-32)10-18(17)31(21)15-7-14(8-16(9-15)34-3)29-22(33)23-26-12-19(24)35-23/h4-5,10-16H,6-9H2,1-3H3,(H,29,33)/t14-,15+,16+/m0/s1. The molecule has 0 radical (unpaired) electrons. The minimum absolute atomic E-state index is 0.00243. The molecule has 12 heteroatoms. The summed E-state index contributed by atoms with van der Waals surface area (Å²) in [6.45, 7) is 4.37. The Morgan fingerprint density at radius 3 is 2.71 bits per heavy atom. The van der Waals surface area contributed by atoms with Crippen molar-refractivity contribution in [2.45, 2.75) is 57.7 Å². The molecule has 1 saturated carbocycles. The molecule has 5 rings (SSSR count). The lowest BCUT2D eigenvalue weighted by atomic mass is 9.88. The predicted molar refractivity (Wildman–Crippen MR) is 133 cm³/mol. The molecule has 3 atom stereocenters. The molecule has 1 aliphatic rings. The van der Waals surface area contributed by atoms with Crippen LogP contribution in [0.2, 0.25) is 4.34 Å². The van der Waals surface area contributed by atoms with Crippen LogP contribution in [0, 0.1) is 5.92 Å². The van der Waals surface area contributed by atoms with E-state index in [-0.39, 0.29) is 24.1 Å². The third-order valence-electron chi connectivity index (χ3n) is 6.19. The summed E-state index contributed by atoms with van der Waals surface area (Å²) < 4.78 is 8.59. The number of amides is 1. The second kappa shape index (κ2) is 10.00. The Balaban J connectivity index is 1.50. The fourth-order valence-electron chi connectivity index (χ4n) is 4.76. The topological polar surface area (TPSA) is 113 Å². The van der Waals surface area contributed by atoms with E-state index in [1.165, 1.54) is 22.3 Å². The largest absolute Gasteiger partial charge is 0.381 e. The van der Waals surface area contributed by atoms with E-state index in [2.05, 4.69) is 43.9 Å². The summed E-state index contributed by atoms with van der Waals surface area (Å²) in [6, 6.07) is 1.99. The van der Waals surface area contributed by atoms with Crippen molar-refractivity contribution in [1.29, 1.82) is 0 Å². The second-order valence-electron chi connectivity index (χ2n) is 9.20. The normalized spacial score (nSPS) is 20.5. The third-order valence-corrected chi connectivity index (χ3v) is 7.31. The smallest absolute Gasteiger partial charge is 0.280 e. The Labute approximate surface area is 211 Å². The summed E-state index contributed by atoms with van der Waals surface area (Å²) in [5.41, 5.74) is 1.80. The van der Waals surface area contributed by atoms with E-state index < -0.39 is 0 Å². The molecule has 35 heavy (non-hydrogen) atoms. The summed E-state index contributed by atoms with van der Waals surface area (Å²) in [5.74, 6) is 1.85. The number of carbonyl (C=O) groups excluding carboxylic acids is 1. The van der Waals surface area contributed by atoms with Gasteiger partial charge in [0.15, 0.2) is 10.8 Å². The Hall–Kier alpha value is -2.89. The maximum atomic E-state index is 12.8. The molecule has 4 aromatic heterocycles. The number of fused-ring (bicyclic) bond motifs is 1. The number of aromatic nitrogens is 7. The van der Waals surface area contributed by atoms with Gasteiger partial charge >= 0.3 is 0 Å². The molecule has 10 nitrogen and oxygen atoms in total. The number of methoxy groups -OCH3 is 1. The van der Waals surface area contributed by atoms with Gasteiger partial charge in [-0.15, -0.1) is 4.80 Å². The first-order valence-electron chi connectivity index (χ1n) is 11.6. The molecule has 1 N–H and O–H groups in total. The average Bonchev–Trinajstić information content (AvgIpc) is 3.57. The molecule has 1 fully saturated rings. The lowest BCUT2D eigenvalue weighted by Gasteiger charge is -2.36. The van der Waals surface area contributed by atoms with Crippen LogP contribution in [0.15, 0.2) is 30.9 Å². The first-order valence-corrected chi connectivity index (χ1v) is 12.8. The highest BCUT2D eigenvalue weighted by atomic mass is 35.5. The van der Waals surface area contributed by atoms with Gasteiger partial charge in [0, 0.05) is 31.7 Å². The number of pyridine rings is 1. The molecule has 0 spiro atoms. The molecule has 0 aromatic carbocycles. The number of rotatable bonds is 7. The average molecular weight is 515 g/mol. The summed E-state index contributed by atoms with van der Waals surface area (Å²) in [6.07, 6.45) is 9.65. The number of nitrogens with one attached hydrogen (secondary N) is 1. The number of halogens is 1. The highest BCUT2D eigenvalue weighted by Gasteiger charge is 2.33. The predicted octanol–water partition coefficient (Wildman–Crippen LogP) is 3.86. The summed E-state index contributed by atoms with van der Waals surface area (Å²) in [7, 11) is 1.72. The van der Waals surface area contributed by atoms with E-state index in [0.717, 1.165) is 42.5 Å². The molecule has 1 amide bonds. The maximum absolute atomic E-state index is 12.8. The van der Waals surface area contributed by atoms with Gasteiger partial charge in [-0.05, 0) is 25.2 Å². The van der Waals surface area contributed by atoms with Crippen LogP contribution in [-0.2, 0) is 11.2 Å². The number of ether oxygens (including phenoxy) is 1. The number of imidazole rings is 1. The van der Waals surface area contributed by atoms with Gasteiger partial charge in [0.1, 0.15) is 15.7 Å². The number of hydrogen-bond donors (Lipinski definition) is 1. The first kappa shape index (κ1) is 23.8. The van der Waals surface area contributed by atoms with E-state index in [9.17, 15) is 4.79 Å². The lowest BCUT2D eigenvalue weighted by Crippen LogP contribution is -2.43. The minimum atomic E-state index is -0.212. The SMILES string of the molecule is CO[C@@H]1C[C@@H](NC(=O)c2ncc(Cl)s2)C[C@@H](n2c(CC(C)C)nc3cnc(-n4nccn4)cc32)C1. The van der Waals surface area contributed by atoms with E-state index >= 15 is 0 Å². The van der Waals surface area contributed by atoms with Gasteiger partial charge in [-0.25, -0.2) is 15.0 Å². The van der Waals surface area contributed by atoms with Gasteiger partial charge < -0.3 is 14.6 Å². The van der Waals surface area contributed by atoms with Crippen LogP contribution < -0.4 is 5.32 Å². The lowest BCUT2D eigenvalue weighted by molar-refractivity contribution is 0.0390. The van der Waals surface area contributed by atoms with Crippen molar-refractivity contribution in [3.05, 3.63) is 46.0 Å². The summed E-state index contributed by atoms with van der Waals surface area (Å²) >= 11 is 7.15. The second-order valence-corrected chi connectivity index (χ2v) is 10.9.